The van der Waals surface area contributed by atoms with Gasteiger partial charge in [0.25, 0.3) is 0 Å². The molecule has 26 heavy (non-hydrogen) atoms. The van der Waals surface area contributed by atoms with Gasteiger partial charge in [0.2, 0.25) is 5.89 Å². The number of anilines is 1. The topological polar surface area (TPSA) is 76.0 Å². The Kier molecular flexibility index (Phi) is 4.47. The maximum absolute atomic E-state index is 5.65. The van der Waals surface area contributed by atoms with Crippen LogP contribution in [-0.4, -0.2) is 15.0 Å². The van der Waals surface area contributed by atoms with Crippen LogP contribution in [0.25, 0.3) is 17.2 Å². The number of H-pyrrole nitrogens is 1. The maximum atomic E-state index is 5.65. The quantitative estimate of drug-likeness (QED) is 0.556. The number of aromatic amines is 1. The standard InChI is InChI=1S/C17H12N2O2.C3H4N2/c1-3-8-14-12(6-1)18-16(20-14)10-5-11-17-19-13-7-2-4-9-15(13)21-17;1-2-5-3-4-1/h1-11,18H;1-3H,(H,4,5). The number of oxazole rings is 1. The average molecular weight is 344 g/mol. The molecule has 0 radical (unpaired) electrons. The summed E-state index contributed by atoms with van der Waals surface area (Å²) in [7, 11) is 0. The molecule has 128 valence electrons. The van der Waals surface area contributed by atoms with Gasteiger partial charge >= 0.3 is 0 Å². The van der Waals surface area contributed by atoms with E-state index in [4.69, 9.17) is 9.15 Å². The molecule has 0 spiro atoms. The average Bonchev–Trinajstić information content (AvgIpc) is 3.42. The second-order valence-electron chi connectivity index (χ2n) is 5.39. The highest BCUT2D eigenvalue weighted by Crippen LogP contribution is 2.32. The lowest BCUT2D eigenvalue weighted by molar-refractivity contribution is 0.457. The molecule has 1 aliphatic heterocycles. The van der Waals surface area contributed by atoms with Crippen LogP contribution in [0.1, 0.15) is 5.89 Å². The van der Waals surface area contributed by atoms with E-state index in [1.165, 1.54) is 0 Å². The number of imidazole rings is 1. The molecule has 2 aromatic heterocycles. The molecule has 0 saturated heterocycles. The predicted molar refractivity (Wildman–Crippen MR) is 100 cm³/mol. The molecule has 5 rings (SSSR count). The molecule has 0 bridgehead atoms. The Morgan fingerprint density at radius 3 is 2.65 bits per heavy atom. The molecule has 0 fully saturated rings. The van der Waals surface area contributed by atoms with Gasteiger partial charge in [-0.1, -0.05) is 30.3 Å². The molecular formula is C20H16N4O2. The van der Waals surface area contributed by atoms with Crippen LogP contribution in [0.2, 0.25) is 0 Å². The van der Waals surface area contributed by atoms with E-state index >= 15 is 0 Å². The van der Waals surface area contributed by atoms with Crippen molar-refractivity contribution in [3.8, 4) is 5.75 Å². The fourth-order valence-corrected chi connectivity index (χ4v) is 2.41. The minimum Gasteiger partial charge on any atom is -0.439 e. The Labute approximate surface area is 149 Å². The number of nitrogens with one attached hydrogen (secondary N) is 2. The zero-order valence-electron chi connectivity index (χ0n) is 13.8. The van der Waals surface area contributed by atoms with E-state index in [-0.39, 0.29) is 0 Å². The van der Waals surface area contributed by atoms with Gasteiger partial charge in [-0.2, -0.15) is 0 Å². The number of aromatic nitrogens is 3. The highest BCUT2D eigenvalue weighted by atomic mass is 16.5. The van der Waals surface area contributed by atoms with Crippen molar-refractivity contribution in [2.75, 3.05) is 5.32 Å². The molecule has 3 heterocycles. The summed E-state index contributed by atoms with van der Waals surface area (Å²) in [5.74, 6) is 2.09. The fourth-order valence-electron chi connectivity index (χ4n) is 2.41. The van der Waals surface area contributed by atoms with Crippen LogP contribution in [0.15, 0.2) is 89.7 Å². The predicted octanol–water partition coefficient (Wildman–Crippen LogP) is 4.60. The van der Waals surface area contributed by atoms with Crippen LogP contribution in [0.4, 0.5) is 5.69 Å². The fraction of sp³-hybridized carbons (Fsp3) is 0. The second kappa shape index (κ2) is 7.40. The first-order valence-electron chi connectivity index (χ1n) is 8.09. The minimum absolute atomic E-state index is 0.573. The van der Waals surface area contributed by atoms with Crippen molar-refractivity contribution in [2.24, 2.45) is 0 Å². The number of hydrogen-bond acceptors (Lipinski definition) is 5. The molecule has 0 amide bonds. The van der Waals surface area contributed by atoms with Crippen LogP contribution in [0.3, 0.4) is 0 Å². The third-order valence-corrected chi connectivity index (χ3v) is 3.57. The molecule has 1 aliphatic rings. The summed E-state index contributed by atoms with van der Waals surface area (Å²) in [4.78, 5) is 10.8. The van der Waals surface area contributed by atoms with Crippen molar-refractivity contribution < 1.29 is 9.15 Å². The number of fused-ring (bicyclic) bond motifs is 2. The van der Waals surface area contributed by atoms with E-state index in [0.29, 0.717) is 11.8 Å². The summed E-state index contributed by atoms with van der Waals surface area (Å²) in [5, 5.41) is 3.18. The minimum atomic E-state index is 0.573. The van der Waals surface area contributed by atoms with Crippen molar-refractivity contribution in [3.63, 3.8) is 0 Å². The van der Waals surface area contributed by atoms with E-state index in [1.54, 1.807) is 24.8 Å². The third-order valence-electron chi connectivity index (χ3n) is 3.57. The molecule has 6 nitrogen and oxygen atoms in total. The van der Waals surface area contributed by atoms with E-state index in [1.807, 2.05) is 60.7 Å². The van der Waals surface area contributed by atoms with Gasteiger partial charge in [0, 0.05) is 18.5 Å². The Balaban J connectivity index is 0.000000292. The van der Waals surface area contributed by atoms with Gasteiger partial charge in [-0.15, -0.1) is 0 Å². The van der Waals surface area contributed by atoms with E-state index < -0.39 is 0 Å². The van der Waals surface area contributed by atoms with Gasteiger partial charge in [0.1, 0.15) is 5.52 Å². The molecule has 2 aromatic carbocycles. The van der Waals surface area contributed by atoms with Crippen LogP contribution in [0.5, 0.6) is 5.75 Å². The zero-order chi connectivity index (χ0) is 17.6. The summed E-state index contributed by atoms with van der Waals surface area (Å²) in [6, 6.07) is 15.5. The van der Waals surface area contributed by atoms with E-state index in [2.05, 4.69) is 20.3 Å². The van der Waals surface area contributed by atoms with Gasteiger partial charge in [0.05, 0.1) is 12.0 Å². The van der Waals surface area contributed by atoms with Crippen LogP contribution in [-0.2, 0) is 0 Å². The highest BCUT2D eigenvalue weighted by Gasteiger charge is 2.14. The van der Waals surface area contributed by atoms with Gasteiger partial charge in [-0.05, 0) is 30.3 Å². The number of para-hydroxylation sites is 4. The van der Waals surface area contributed by atoms with Crippen LogP contribution >= 0.6 is 0 Å². The second-order valence-corrected chi connectivity index (χ2v) is 5.39. The number of nitrogens with zero attached hydrogens (tertiary/aromatic N) is 2. The maximum Gasteiger partial charge on any atom is 0.219 e. The third kappa shape index (κ3) is 3.64. The monoisotopic (exact) mass is 344 g/mol. The van der Waals surface area contributed by atoms with Crippen molar-refractivity contribution in [1.82, 2.24) is 15.0 Å². The van der Waals surface area contributed by atoms with Crippen molar-refractivity contribution >= 4 is 22.9 Å². The summed E-state index contributed by atoms with van der Waals surface area (Å²) >= 11 is 0. The SMILES string of the molecule is C(=Cc1nc2ccccc2o1)C=C1Nc2ccccc2O1.c1c[nH]cn1. The number of benzene rings is 2. The van der Waals surface area contributed by atoms with Gasteiger partial charge in [0.15, 0.2) is 17.2 Å². The molecule has 6 heteroatoms. The normalized spacial score (nSPS) is 13.9. The van der Waals surface area contributed by atoms with Crippen molar-refractivity contribution in [3.05, 3.63) is 91.2 Å². The zero-order valence-corrected chi connectivity index (χ0v) is 13.8. The van der Waals surface area contributed by atoms with Gasteiger partial charge < -0.3 is 19.5 Å². The summed E-state index contributed by atoms with van der Waals surface area (Å²) in [6.45, 7) is 0. The lowest BCUT2D eigenvalue weighted by Gasteiger charge is -1.94. The Morgan fingerprint density at radius 1 is 1.00 bits per heavy atom. The molecular weight excluding hydrogens is 328 g/mol. The summed E-state index contributed by atoms with van der Waals surface area (Å²) in [6.07, 6.45) is 10.6. The molecule has 0 saturated carbocycles. The first-order chi connectivity index (χ1) is 12.9. The molecule has 4 aromatic rings. The first-order valence-corrected chi connectivity index (χ1v) is 8.09. The largest absolute Gasteiger partial charge is 0.439 e. The molecule has 2 N–H and O–H groups in total. The summed E-state index contributed by atoms with van der Waals surface area (Å²) in [5.41, 5.74) is 2.61. The number of hydrogen-bond donors (Lipinski definition) is 2. The molecule has 0 atom stereocenters. The smallest absolute Gasteiger partial charge is 0.219 e. The van der Waals surface area contributed by atoms with Crippen molar-refractivity contribution in [2.45, 2.75) is 0 Å². The van der Waals surface area contributed by atoms with E-state index in [9.17, 15) is 0 Å². The lowest BCUT2D eigenvalue weighted by Crippen LogP contribution is -1.95. The van der Waals surface area contributed by atoms with Crippen molar-refractivity contribution in [1.29, 1.82) is 0 Å². The Bertz CT molecular complexity index is 971. The highest BCUT2D eigenvalue weighted by molar-refractivity contribution is 5.73. The number of rotatable bonds is 2. The molecule has 0 aliphatic carbocycles. The van der Waals surface area contributed by atoms with Gasteiger partial charge in [-0.3, -0.25) is 0 Å². The lowest BCUT2D eigenvalue weighted by atomic mass is 10.3. The first kappa shape index (κ1) is 15.7. The van der Waals surface area contributed by atoms with Gasteiger partial charge in [-0.25, -0.2) is 9.97 Å². The Hall–Kier alpha value is -3.80. The van der Waals surface area contributed by atoms with Crippen LogP contribution < -0.4 is 10.1 Å². The summed E-state index contributed by atoms with van der Waals surface area (Å²) < 4.78 is 11.3. The Morgan fingerprint density at radius 2 is 1.88 bits per heavy atom. The van der Waals surface area contributed by atoms with E-state index in [0.717, 1.165) is 22.5 Å². The number of allylic oxidation sites excluding steroid dienone is 2. The number of ether oxygens (including phenoxy) is 1. The molecule has 0 unspecified atom stereocenters. The van der Waals surface area contributed by atoms with Crippen LogP contribution in [0, 0.1) is 0 Å².